The van der Waals surface area contributed by atoms with Crippen LogP contribution in [0.2, 0.25) is 0 Å². The lowest BCUT2D eigenvalue weighted by Crippen LogP contribution is -2.23. The maximum Gasteiger partial charge on any atom is 0.169 e. The van der Waals surface area contributed by atoms with E-state index in [1.165, 1.54) is 11.1 Å². The molecular weight excluding hydrogens is 262 g/mol. The van der Waals surface area contributed by atoms with E-state index in [2.05, 4.69) is 24.3 Å². The van der Waals surface area contributed by atoms with E-state index in [1.54, 1.807) is 0 Å². The Balaban J connectivity index is 1.58. The monoisotopic (exact) mass is 279 g/mol. The summed E-state index contributed by atoms with van der Waals surface area (Å²) >= 11 is 0. The molecule has 3 nitrogen and oxygen atoms in total. The van der Waals surface area contributed by atoms with Crippen molar-refractivity contribution in [1.82, 2.24) is 0 Å². The van der Waals surface area contributed by atoms with Crippen LogP contribution >= 0.6 is 0 Å². The highest BCUT2D eigenvalue weighted by Gasteiger charge is 2.26. The van der Waals surface area contributed by atoms with Gasteiger partial charge in [0.15, 0.2) is 11.5 Å². The van der Waals surface area contributed by atoms with Gasteiger partial charge in [0, 0.05) is 5.92 Å². The average molecular weight is 279 g/mol. The molecule has 0 amide bonds. The molecule has 1 aliphatic carbocycles. The zero-order valence-corrected chi connectivity index (χ0v) is 11.7. The lowest BCUT2D eigenvalue weighted by Gasteiger charge is -2.29. The van der Waals surface area contributed by atoms with Crippen molar-refractivity contribution in [3.8, 4) is 5.75 Å². The number of nitrogens with two attached hydrogens (primary N) is 1. The summed E-state index contributed by atoms with van der Waals surface area (Å²) < 4.78 is 11.8. The van der Waals surface area contributed by atoms with Crippen molar-refractivity contribution in [3.63, 3.8) is 0 Å². The third-order valence-electron chi connectivity index (χ3n) is 4.19. The first kappa shape index (κ1) is 12.5. The summed E-state index contributed by atoms with van der Waals surface area (Å²) in [6.07, 6.45) is 1.09. The molecule has 1 aliphatic rings. The smallest absolute Gasteiger partial charge is 0.169 e. The first-order chi connectivity index (χ1) is 10.4. The van der Waals surface area contributed by atoms with Gasteiger partial charge in [-0.25, -0.2) is 0 Å². The first-order valence-electron chi connectivity index (χ1n) is 7.28. The van der Waals surface area contributed by atoms with Crippen LogP contribution in [0.15, 0.2) is 52.9 Å². The zero-order valence-electron chi connectivity index (χ0n) is 11.7. The fourth-order valence-electron chi connectivity index (χ4n) is 3.06. The highest BCUT2D eigenvalue weighted by Crippen LogP contribution is 2.37. The van der Waals surface area contributed by atoms with E-state index in [0.29, 0.717) is 19.1 Å². The van der Waals surface area contributed by atoms with Gasteiger partial charge in [-0.15, -0.1) is 0 Å². The summed E-state index contributed by atoms with van der Waals surface area (Å²) in [6.45, 7) is 1.03. The molecule has 2 aromatic carbocycles. The van der Waals surface area contributed by atoms with Gasteiger partial charge in [-0.1, -0.05) is 36.4 Å². The highest BCUT2D eigenvalue weighted by molar-refractivity contribution is 5.85. The second kappa shape index (κ2) is 4.93. The molecular formula is C18H17NO2. The van der Waals surface area contributed by atoms with Crippen molar-refractivity contribution in [3.05, 3.63) is 65.4 Å². The largest absolute Gasteiger partial charge is 0.489 e. The van der Waals surface area contributed by atoms with Crippen LogP contribution in [0, 0.1) is 0 Å². The van der Waals surface area contributed by atoms with Crippen LogP contribution in [0.25, 0.3) is 11.0 Å². The molecule has 0 radical (unpaired) electrons. The van der Waals surface area contributed by atoms with E-state index in [4.69, 9.17) is 14.9 Å². The molecule has 1 aromatic heterocycles. The molecule has 1 heterocycles. The minimum Gasteiger partial charge on any atom is -0.489 e. The summed E-state index contributed by atoms with van der Waals surface area (Å²) in [6, 6.07) is 16.5. The quantitative estimate of drug-likeness (QED) is 0.793. The van der Waals surface area contributed by atoms with E-state index in [-0.39, 0.29) is 0 Å². The molecule has 106 valence electrons. The normalized spacial score (nSPS) is 16.5. The first-order valence-corrected chi connectivity index (χ1v) is 7.28. The lowest BCUT2D eigenvalue weighted by molar-refractivity contribution is 0.270. The minimum atomic E-state index is 0.352. The Morgan fingerprint density at radius 2 is 1.90 bits per heavy atom. The Bertz CT molecular complexity index is 791. The Kier molecular flexibility index (Phi) is 2.93. The summed E-state index contributed by atoms with van der Waals surface area (Å²) in [5, 5.41) is 1.01. The van der Waals surface area contributed by atoms with E-state index in [1.807, 2.05) is 24.3 Å². The maximum absolute atomic E-state index is 6.07. The van der Waals surface area contributed by atoms with Crippen LogP contribution < -0.4 is 10.5 Å². The number of furan rings is 1. The molecule has 0 saturated carbocycles. The number of hydrogen-bond acceptors (Lipinski definition) is 3. The molecule has 21 heavy (non-hydrogen) atoms. The Morgan fingerprint density at radius 3 is 2.76 bits per heavy atom. The summed E-state index contributed by atoms with van der Waals surface area (Å²) in [5.74, 6) is 2.00. The molecule has 1 atom stereocenters. The fourth-order valence-corrected chi connectivity index (χ4v) is 3.06. The number of benzene rings is 2. The van der Waals surface area contributed by atoms with Crippen LogP contribution in [0.4, 0.5) is 0 Å². The van der Waals surface area contributed by atoms with E-state index in [0.717, 1.165) is 28.9 Å². The van der Waals surface area contributed by atoms with Crippen LogP contribution in [-0.2, 0) is 13.0 Å². The van der Waals surface area contributed by atoms with Gasteiger partial charge in [-0.3, -0.25) is 0 Å². The Labute approximate surface area is 123 Å². The molecule has 0 fully saturated rings. The van der Waals surface area contributed by atoms with E-state index >= 15 is 0 Å². The second-order valence-electron chi connectivity index (χ2n) is 5.47. The van der Waals surface area contributed by atoms with Gasteiger partial charge in [0.2, 0.25) is 0 Å². The fraction of sp³-hybridized carbons (Fsp3) is 0.222. The van der Waals surface area contributed by atoms with Gasteiger partial charge in [0.1, 0.15) is 5.58 Å². The van der Waals surface area contributed by atoms with Crippen molar-refractivity contribution in [2.24, 2.45) is 5.73 Å². The second-order valence-corrected chi connectivity index (χ2v) is 5.47. The van der Waals surface area contributed by atoms with Gasteiger partial charge in [-0.2, -0.15) is 0 Å². The molecule has 2 N–H and O–H groups in total. The highest BCUT2D eigenvalue weighted by atomic mass is 16.5. The van der Waals surface area contributed by atoms with E-state index < -0.39 is 0 Å². The van der Waals surface area contributed by atoms with E-state index in [9.17, 15) is 0 Å². The third-order valence-corrected chi connectivity index (χ3v) is 4.19. The predicted octanol–water partition coefficient (Wildman–Crippen LogP) is 3.61. The molecule has 1 unspecified atom stereocenters. The van der Waals surface area contributed by atoms with Crippen LogP contribution in [0.3, 0.4) is 0 Å². The van der Waals surface area contributed by atoms with Crippen LogP contribution in [0.1, 0.15) is 22.8 Å². The molecule has 0 aliphatic heterocycles. The number of rotatable bonds is 4. The molecule has 0 saturated heterocycles. The summed E-state index contributed by atoms with van der Waals surface area (Å²) in [4.78, 5) is 0. The van der Waals surface area contributed by atoms with Gasteiger partial charge < -0.3 is 14.9 Å². The van der Waals surface area contributed by atoms with Crippen molar-refractivity contribution in [1.29, 1.82) is 0 Å². The molecule has 0 spiro atoms. The Morgan fingerprint density at radius 1 is 1.10 bits per heavy atom. The van der Waals surface area contributed by atoms with Crippen molar-refractivity contribution in [2.45, 2.75) is 18.9 Å². The molecule has 3 heteroatoms. The number of ether oxygens (including phenoxy) is 1. The minimum absolute atomic E-state index is 0.352. The zero-order chi connectivity index (χ0) is 14.2. The SMILES string of the molecule is NCc1oc2ccccc2c1OCC1Cc2ccccc21. The Hall–Kier alpha value is -2.26. The number of para-hydroxylation sites is 1. The summed E-state index contributed by atoms with van der Waals surface area (Å²) in [5.41, 5.74) is 9.44. The molecule has 4 rings (SSSR count). The number of fused-ring (bicyclic) bond motifs is 2. The van der Waals surface area contributed by atoms with Crippen LogP contribution in [-0.4, -0.2) is 6.61 Å². The van der Waals surface area contributed by atoms with Gasteiger partial charge >= 0.3 is 0 Å². The van der Waals surface area contributed by atoms with Gasteiger partial charge in [-0.05, 0) is 29.7 Å². The topological polar surface area (TPSA) is 48.4 Å². The van der Waals surface area contributed by atoms with Crippen LogP contribution in [0.5, 0.6) is 5.75 Å². The van der Waals surface area contributed by atoms with Crippen molar-refractivity contribution >= 4 is 11.0 Å². The molecule has 3 aromatic rings. The van der Waals surface area contributed by atoms with Crippen molar-refractivity contribution in [2.75, 3.05) is 6.61 Å². The third kappa shape index (κ3) is 2.01. The maximum atomic E-state index is 6.07. The molecule has 0 bridgehead atoms. The standard InChI is InChI=1S/C18H17NO2/c19-10-17-18(15-7-3-4-8-16(15)21-17)20-11-13-9-12-5-1-2-6-14(12)13/h1-8,13H,9-11,19H2. The van der Waals surface area contributed by atoms with Gasteiger partial charge in [0.05, 0.1) is 18.5 Å². The van der Waals surface area contributed by atoms with Gasteiger partial charge in [0.25, 0.3) is 0 Å². The lowest BCUT2D eigenvalue weighted by atomic mass is 9.78. The number of hydrogen-bond donors (Lipinski definition) is 1. The average Bonchev–Trinajstić information content (AvgIpc) is 2.86. The van der Waals surface area contributed by atoms with Crippen molar-refractivity contribution < 1.29 is 9.15 Å². The predicted molar refractivity (Wildman–Crippen MR) is 82.5 cm³/mol. The summed E-state index contributed by atoms with van der Waals surface area (Å²) in [7, 11) is 0.